The van der Waals surface area contributed by atoms with Gasteiger partial charge in [0.25, 0.3) is 0 Å². The van der Waals surface area contributed by atoms with E-state index in [0.29, 0.717) is 18.3 Å². The van der Waals surface area contributed by atoms with Crippen molar-refractivity contribution in [3.63, 3.8) is 0 Å². The van der Waals surface area contributed by atoms with E-state index in [2.05, 4.69) is 38.2 Å². The molecule has 6 rings (SSSR count). The fourth-order valence-corrected chi connectivity index (χ4v) is 6.26. The van der Waals surface area contributed by atoms with Crippen LogP contribution in [0.5, 0.6) is 0 Å². The number of hydrogen-bond acceptors (Lipinski definition) is 4. The molecule has 29 heavy (non-hydrogen) atoms. The Kier molecular flexibility index (Phi) is 4.69. The summed E-state index contributed by atoms with van der Waals surface area (Å²) in [6.45, 7) is 6.89. The molecule has 5 nitrogen and oxygen atoms in total. The van der Waals surface area contributed by atoms with Crippen molar-refractivity contribution >= 4 is 30.7 Å². The van der Waals surface area contributed by atoms with Crippen LogP contribution in [0.1, 0.15) is 56.9 Å². The highest BCUT2D eigenvalue weighted by Crippen LogP contribution is 2.65. The van der Waals surface area contributed by atoms with Gasteiger partial charge in [-0.1, -0.05) is 26.0 Å². The Balaban J connectivity index is 1.39. The van der Waals surface area contributed by atoms with E-state index < -0.39 is 7.12 Å². The van der Waals surface area contributed by atoms with Crippen LogP contribution in [0.25, 0.3) is 6.08 Å². The van der Waals surface area contributed by atoms with Gasteiger partial charge in [0.1, 0.15) is 11.6 Å². The van der Waals surface area contributed by atoms with Gasteiger partial charge in [-0.3, -0.25) is 4.79 Å². The molecule has 5 aliphatic rings. The van der Waals surface area contributed by atoms with Gasteiger partial charge < -0.3 is 19.0 Å². The Morgan fingerprint density at radius 3 is 2.97 bits per heavy atom. The number of carbonyl (C=O) groups is 1. The van der Waals surface area contributed by atoms with Crippen molar-refractivity contribution in [2.45, 2.75) is 70.5 Å². The number of aryl methyl sites for hydroxylation is 1. The zero-order chi connectivity index (χ0) is 20.4. The Hall–Kier alpha value is -1.24. The molecular weight excluding hydrogens is 389 g/mol. The lowest BCUT2D eigenvalue weighted by atomic mass is 9.43. The minimum atomic E-state index is -0.481. The van der Waals surface area contributed by atoms with Gasteiger partial charge in [0.15, 0.2) is 0 Å². The number of furan rings is 1. The van der Waals surface area contributed by atoms with E-state index >= 15 is 0 Å². The molecule has 1 aromatic rings. The third-order valence-electron chi connectivity index (χ3n) is 8.02. The fraction of sp³-hybridized carbons (Fsp3) is 0.682. The first-order valence-electron chi connectivity index (χ1n) is 10.8. The maximum absolute atomic E-state index is 12.2. The van der Waals surface area contributed by atoms with Gasteiger partial charge >= 0.3 is 7.12 Å². The third-order valence-corrected chi connectivity index (χ3v) is 8.26. The second-order valence-electron chi connectivity index (χ2n) is 9.89. The molecule has 2 unspecified atom stereocenters. The van der Waals surface area contributed by atoms with Gasteiger partial charge in [0.2, 0.25) is 5.91 Å². The number of hydrogen-bond donors (Lipinski definition) is 1. The zero-order valence-corrected chi connectivity index (χ0v) is 18.1. The van der Waals surface area contributed by atoms with Crippen LogP contribution in [0, 0.1) is 17.3 Å². The molecule has 5 atom stereocenters. The van der Waals surface area contributed by atoms with E-state index in [0.717, 1.165) is 36.1 Å². The van der Waals surface area contributed by atoms with Crippen LogP contribution in [-0.2, 0) is 26.9 Å². The van der Waals surface area contributed by atoms with Crippen molar-refractivity contribution in [1.29, 1.82) is 0 Å². The Labute approximate surface area is 177 Å². The van der Waals surface area contributed by atoms with E-state index in [4.69, 9.17) is 25.3 Å². The van der Waals surface area contributed by atoms with Crippen molar-refractivity contribution in [2.75, 3.05) is 5.88 Å². The second-order valence-corrected chi connectivity index (χ2v) is 10.2. The third kappa shape index (κ3) is 3.02. The summed E-state index contributed by atoms with van der Waals surface area (Å²) in [7, 11) is -0.481. The lowest BCUT2D eigenvalue weighted by molar-refractivity contribution is -0.199. The predicted octanol–water partition coefficient (Wildman–Crippen LogP) is 3.77. The van der Waals surface area contributed by atoms with Crippen molar-refractivity contribution in [3.05, 3.63) is 29.2 Å². The van der Waals surface area contributed by atoms with Gasteiger partial charge in [0, 0.05) is 12.0 Å². The van der Waals surface area contributed by atoms with Crippen LogP contribution in [0.2, 0.25) is 0 Å². The standard InChI is InChI=1S/C22H29BClNO4/c1-21(2)14-9-17(21)22(3)18(10-14)28-23(29-22)19(25-20(26)11-24)8-13-12-27-16-7-5-4-6-15(13)16/h4,6,12,14,17-19H,5,7-11H2,1-3H3,(H,25,26)/t14?,17-,18+,19?,22-/m0/s1. The van der Waals surface area contributed by atoms with Gasteiger partial charge in [-0.15, -0.1) is 11.6 Å². The van der Waals surface area contributed by atoms with E-state index in [1.165, 1.54) is 6.42 Å². The second kappa shape index (κ2) is 6.89. The number of fused-ring (bicyclic) bond motifs is 1. The predicted molar refractivity (Wildman–Crippen MR) is 113 cm³/mol. The van der Waals surface area contributed by atoms with Crippen molar-refractivity contribution in [3.8, 4) is 0 Å². The minimum absolute atomic E-state index is 0.0783. The largest absolute Gasteiger partial charge is 0.482 e. The number of amides is 1. The summed E-state index contributed by atoms with van der Waals surface area (Å²) in [4.78, 5) is 12.2. The van der Waals surface area contributed by atoms with E-state index in [1.54, 1.807) is 0 Å². The quantitative estimate of drug-likeness (QED) is 0.585. The monoisotopic (exact) mass is 417 g/mol. The van der Waals surface area contributed by atoms with Crippen LogP contribution in [0.15, 0.2) is 16.8 Å². The Morgan fingerprint density at radius 1 is 1.38 bits per heavy atom. The number of nitrogens with one attached hydrogen (secondary N) is 1. The van der Waals surface area contributed by atoms with Crippen LogP contribution in [0.4, 0.5) is 0 Å². The molecule has 1 aromatic heterocycles. The van der Waals surface area contributed by atoms with Crippen LogP contribution in [0.3, 0.4) is 0 Å². The van der Waals surface area contributed by atoms with Crippen molar-refractivity contribution < 1.29 is 18.5 Å². The number of carbonyl (C=O) groups excluding carboxylic acids is 1. The highest BCUT2D eigenvalue weighted by molar-refractivity contribution is 6.48. The van der Waals surface area contributed by atoms with Gasteiger partial charge in [-0.05, 0) is 55.4 Å². The summed E-state index contributed by atoms with van der Waals surface area (Å²) in [6, 6.07) is 0. The molecule has 0 radical (unpaired) electrons. The summed E-state index contributed by atoms with van der Waals surface area (Å²) in [5.41, 5.74) is 2.19. The molecular formula is C22H29BClNO4. The highest BCUT2D eigenvalue weighted by Gasteiger charge is 2.68. The molecule has 1 N–H and O–H groups in total. The molecule has 7 heteroatoms. The first-order valence-corrected chi connectivity index (χ1v) is 11.3. The fourth-order valence-electron chi connectivity index (χ4n) is 6.18. The zero-order valence-electron chi connectivity index (χ0n) is 17.4. The number of halogens is 1. The highest BCUT2D eigenvalue weighted by atomic mass is 35.5. The summed E-state index contributed by atoms with van der Waals surface area (Å²) < 4.78 is 18.8. The summed E-state index contributed by atoms with van der Waals surface area (Å²) in [6.07, 6.45) is 10.9. The van der Waals surface area contributed by atoms with Crippen molar-refractivity contribution in [2.24, 2.45) is 17.3 Å². The van der Waals surface area contributed by atoms with Crippen LogP contribution in [-0.4, -0.2) is 36.6 Å². The topological polar surface area (TPSA) is 60.7 Å². The van der Waals surface area contributed by atoms with E-state index in [1.807, 2.05) is 6.26 Å². The van der Waals surface area contributed by atoms with Gasteiger partial charge in [0.05, 0.1) is 23.9 Å². The molecule has 0 spiro atoms. The SMILES string of the molecule is CC1(C)C2C[C@H]3OB(C(Cc4coc5c4C=CCC5)NC(=O)CCl)O[C@@]3(C)[C@H]1C2. The maximum Gasteiger partial charge on any atom is 0.482 e. The van der Waals surface area contributed by atoms with Crippen LogP contribution < -0.4 is 5.32 Å². The average Bonchev–Trinajstić information content (AvgIpc) is 3.27. The van der Waals surface area contributed by atoms with Crippen LogP contribution >= 0.6 is 11.6 Å². The summed E-state index contributed by atoms with van der Waals surface area (Å²) in [5.74, 6) is 1.60. The minimum Gasteiger partial charge on any atom is -0.468 e. The molecule has 2 bridgehead atoms. The molecule has 3 saturated carbocycles. The molecule has 1 aliphatic heterocycles. The number of alkyl halides is 1. The molecule has 1 amide bonds. The van der Waals surface area contributed by atoms with E-state index in [9.17, 15) is 4.79 Å². The molecule has 4 fully saturated rings. The lowest BCUT2D eigenvalue weighted by Gasteiger charge is -2.64. The molecule has 4 aliphatic carbocycles. The molecule has 1 saturated heterocycles. The first-order chi connectivity index (χ1) is 13.8. The Bertz CT molecular complexity index is 852. The van der Waals surface area contributed by atoms with Crippen molar-refractivity contribution in [1.82, 2.24) is 5.32 Å². The summed E-state index contributed by atoms with van der Waals surface area (Å²) >= 11 is 5.79. The molecule has 0 aromatic carbocycles. The first kappa shape index (κ1) is 19.7. The van der Waals surface area contributed by atoms with Gasteiger partial charge in [-0.2, -0.15) is 0 Å². The Morgan fingerprint density at radius 2 is 2.21 bits per heavy atom. The maximum atomic E-state index is 12.2. The number of allylic oxidation sites excluding steroid dienone is 1. The smallest absolute Gasteiger partial charge is 0.468 e. The normalized spacial score (nSPS) is 34.9. The van der Waals surface area contributed by atoms with Gasteiger partial charge in [-0.25, -0.2) is 0 Å². The molecule has 156 valence electrons. The summed E-state index contributed by atoms with van der Waals surface area (Å²) in [5, 5.41) is 3.04. The number of rotatable bonds is 5. The lowest BCUT2D eigenvalue weighted by Crippen LogP contribution is -2.65. The van der Waals surface area contributed by atoms with E-state index in [-0.39, 0.29) is 34.8 Å². The molecule has 2 heterocycles. The average molecular weight is 418 g/mol.